The Hall–Kier alpha value is -0.890. The van der Waals surface area contributed by atoms with Gasteiger partial charge in [0.05, 0.1) is 0 Å². The Morgan fingerprint density at radius 3 is 2.62 bits per heavy atom. The van der Waals surface area contributed by atoms with Gasteiger partial charge in [0.15, 0.2) is 0 Å². The van der Waals surface area contributed by atoms with Crippen molar-refractivity contribution in [2.75, 3.05) is 0 Å². The topological polar surface area (TPSA) is 38.9 Å². The summed E-state index contributed by atoms with van der Waals surface area (Å²) in [6.45, 7) is 0.593. The molecule has 1 aliphatic carbocycles. The summed E-state index contributed by atoms with van der Waals surface area (Å²) in [7, 11) is 0. The fourth-order valence-electron chi connectivity index (χ4n) is 2.55. The van der Waals surface area contributed by atoms with E-state index >= 15 is 0 Å². The van der Waals surface area contributed by atoms with Crippen molar-refractivity contribution in [1.29, 1.82) is 0 Å². The number of nitrogens with zero attached hydrogens (tertiary/aromatic N) is 1. The summed E-state index contributed by atoms with van der Waals surface area (Å²) in [5.41, 5.74) is 7.90. The maximum atomic E-state index is 5.55. The highest BCUT2D eigenvalue weighted by molar-refractivity contribution is 5.13. The zero-order chi connectivity index (χ0) is 11.2. The molecule has 0 atom stereocenters. The molecule has 0 bridgehead atoms. The normalized spacial score (nSPS) is 17.6. The van der Waals surface area contributed by atoms with E-state index < -0.39 is 0 Å². The lowest BCUT2D eigenvalue weighted by Crippen LogP contribution is -2.08. The number of pyridine rings is 1. The molecule has 88 valence electrons. The Morgan fingerprint density at radius 1 is 1.19 bits per heavy atom. The van der Waals surface area contributed by atoms with Gasteiger partial charge in [-0.2, -0.15) is 0 Å². The van der Waals surface area contributed by atoms with Gasteiger partial charge in [0, 0.05) is 18.4 Å². The van der Waals surface area contributed by atoms with Crippen molar-refractivity contribution in [2.45, 2.75) is 51.5 Å². The summed E-state index contributed by atoms with van der Waals surface area (Å²) in [4.78, 5) is 4.45. The second-order valence-corrected chi connectivity index (χ2v) is 4.90. The van der Waals surface area contributed by atoms with Gasteiger partial charge in [0.1, 0.15) is 0 Å². The molecular formula is C14H22N2. The molecule has 0 amide bonds. The summed E-state index contributed by atoms with van der Waals surface area (Å²) < 4.78 is 0. The molecule has 0 radical (unpaired) electrons. The molecule has 1 aromatic rings. The number of aromatic nitrogens is 1. The van der Waals surface area contributed by atoms with E-state index in [1.807, 2.05) is 6.20 Å². The van der Waals surface area contributed by atoms with Crippen LogP contribution in [-0.2, 0) is 13.0 Å². The quantitative estimate of drug-likeness (QED) is 0.843. The van der Waals surface area contributed by atoms with Gasteiger partial charge >= 0.3 is 0 Å². The number of hydrogen-bond donors (Lipinski definition) is 1. The van der Waals surface area contributed by atoms with Gasteiger partial charge in [0.25, 0.3) is 0 Å². The van der Waals surface area contributed by atoms with E-state index in [0.717, 1.165) is 17.9 Å². The molecule has 0 spiro atoms. The third-order valence-electron chi connectivity index (χ3n) is 3.66. The second-order valence-electron chi connectivity index (χ2n) is 4.90. The predicted molar refractivity (Wildman–Crippen MR) is 67.0 cm³/mol. The van der Waals surface area contributed by atoms with Gasteiger partial charge in [-0.25, -0.2) is 0 Å². The third kappa shape index (κ3) is 3.31. The van der Waals surface area contributed by atoms with Gasteiger partial charge in [-0.1, -0.05) is 38.2 Å². The molecule has 2 heteroatoms. The SMILES string of the molecule is NCc1ccc(CCC2CCCCC2)nc1. The first-order chi connectivity index (χ1) is 7.88. The van der Waals surface area contributed by atoms with Crippen molar-refractivity contribution in [3.05, 3.63) is 29.6 Å². The average Bonchev–Trinajstić information content (AvgIpc) is 2.38. The van der Waals surface area contributed by atoms with Gasteiger partial charge in [-0.15, -0.1) is 0 Å². The van der Waals surface area contributed by atoms with E-state index in [4.69, 9.17) is 5.73 Å². The molecule has 0 aromatic carbocycles. The molecule has 1 aromatic heterocycles. The second kappa shape index (κ2) is 6.00. The zero-order valence-corrected chi connectivity index (χ0v) is 9.99. The number of aryl methyl sites for hydroxylation is 1. The minimum absolute atomic E-state index is 0.593. The van der Waals surface area contributed by atoms with E-state index in [2.05, 4.69) is 17.1 Å². The lowest BCUT2D eigenvalue weighted by molar-refractivity contribution is 0.338. The molecule has 2 nitrogen and oxygen atoms in total. The van der Waals surface area contributed by atoms with Crippen LogP contribution in [0.4, 0.5) is 0 Å². The van der Waals surface area contributed by atoms with Crippen molar-refractivity contribution in [3.63, 3.8) is 0 Å². The van der Waals surface area contributed by atoms with Crippen LogP contribution < -0.4 is 5.73 Å². The first kappa shape index (κ1) is 11.6. The van der Waals surface area contributed by atoms with Crippen LogP contribution in [-0.4, -0.2) is 4.98 Å². The summed E-state index contributed by atoms with van der Waals surface area (Å²) in [5, 5.41) is 0. The molecule has 0 unspecified atom stereocenters. The standard InChI is InChI=1S/C14H22N2/c15-10-13-7-9-14(16-11-13)8-6-12-4-2-1-3-5-12/h7,9,11-12H,1-6,8,10,15H2. The maximum Gasteiger partial charge on any atom is 0.0403 e. The van der Waals surface area contributed by atoms with E-state index in [0.29, 0.717) is 6.54 Å². The third-order valence-corrected chi connectivity index (χ3v) is 3.66. The van der Waals surface area contributed by atoms with Gasteiger partial charge in [-0.05, 0) is 30.4 Å². The van der Waals surface area contributed by atoms with E-state index in [1.54, 1.807) is 0 Å². The van der Waals surface area contributed by atoms with Crippen molar-refractivity contribution in [2.24, 2.45) is 11.7 Å². The summed E-state index contributed by atoms with van der Waals surface area (Å²) in [6.07, 6.45) is 11.5. The van der Waals surface area contributed by atoms with Crippen LogP contribution >= 0.6 is 0 Å². The minimum Gasteiger partial charge on any atom is -0.326 e. The van der Waals surface area contributed by atoms with Crippen LogP contribution in [0.25, 0.3) is 0 Å². The fraction of sp³-hybridized carbons (Fsp3) is 0.643. The van der Waals surface area contributed by atoms with Crippen molar-refractivity contribution < 1.29 is 0 Å². The monoisotopic (exact) mass is 218 g/mol. The fourth-order valence-corrected chi connectivity index (χ4v) is 2.55. The molecule has 1 fully saturated rings. The Labute approximate surface area is 98.3 Å². The summed E-state index contributed by atoms with van der Waals surface area (Å²) >= 11 is 0. The highest BCUT2D eigenvalue weighted by Gasteiger charge is 2.13. The van der Waals surface area contributed by atoms with Crippen LogP contribution in [0, 0.1) is 5.92 Å². The largest absolute Gasteiger partial charge is 0.326 e. The smallest absolute Gasteiger partial charge is 0.0403 e. The Kier molecular flexibility index (Phi) is 4.34. The first-order valence-electron chi connectivity index (χ1n) is 6.52. The predicted octanol–water partition coefficient (Wildman–Crippen LogP) is 3.05. The zero-order valence-electron chi connectivity index (χ0n) is 9.99. The number of hydrogen-bond acceptors (Lipinski definition) is 2. The lowest BCUT2D eigenvalue weighted by Gasteiger charge is -2.21. The Bertz CT molecular complexity index is 299. The summed E-state index contributed by atoms with van der Waals surface area (Å²) in [6, 6.07) is 4.23. The maximum absolute atomic E-state index is 5.55. The molecule has 2 rings (SSSR count). The molecule has 16 heavy (non-hydrogen) atoms. The number of rotatable bonds is 4. The van der Waals surface area contributed by atoms with Crippen LogP contribution in [0.5, 0.6) is 0 Å². The Morgan fingerprint density at radius 2 is 2.00 bits per heavy atom. The molecule has 1 saturated carbocycles. The van der Waals surface area contributed by atoms with E-state index in [-0.39, 0.29) is 0 Å². The molecular weight excluding hydrogens is 196 g/mol. The molecule has 1 aliphatic rings. The minimum atomic E-state index is 0.593. The van der Waals surface area contributed by atoms with E-state index in [9.17, 15) is 0 Å². The van der Waals surface area contributed by atoms with E-state index in [1.165, 1.54) is 44.2 Å². The van der Waals surface area contributed by atoms with Crippen molar-refractivity contribution >= 4 is 0 Å². The van der Waals surface area contributed by atoms with Crippen LogP contribution in [0.2, 0.25) is 0 Å². The van der Waals surface area contributed by atoms with Crippen LogP contribution in [0.1, 0.15) is 49.8 Å². The van der Waals surface area contributed by atoms with Gasteiger partial charge in [-0.3, -0.25) is 4.98 Å². The molecule has 2 N–H and O–H groups in total. The highest BCUT2D eigenvalue weighted by atomic mass is 14.7. The van der Waals surface area contributed by atoms with Gasteiger partial charge < -0.3 is 5.73 Å². The average molecular weight is 218 g/mol. The Balaban J connectivity index is 1.79. The van der Waals surface area contributed by atoms with Crippen molar-refractivity contribution in [1.82, 2.24) is 4.98 Å². The lowest BCUT2D eigenvalue weighted by atomic mass is 9.86. The highest BCUT2D eigenvalue weighted by Crippen LogP contribution is 2.27. The van der Waals surface area contributed by atoms with Crippen LogP contribution in [0.15, 0.2) is 18.3 Å². The summed E-state index contributed by atoms with van der Waals surface area (Å²) in [5.74, 6) is 0.949. The molecule has 1 heterocycles. The molecule has 0 saturated heterocycles. The van der Waals surface area contributed by atoms with Crippen molar-refractivity contribution in [3.8, 4) is 0 Å². The number of nitrogens with two attached hydrogens (primary N) is 1. The van der Waals surface area contributed by atoms with Crippen LogP contribution in [0.3, 0.4) is 0 Å². The molecule has 0 aliphatic heterocycles. The first-order valence-corrected chi connectivity index (χ1v) is 6.52. The van der Waals surface area contributed by atoms with Gasteiger partial charge in [0.2, 0.25) is 0 Å².